The fraction of sp³-hybridized carbons (Fsp3) is 0.727. The number of nitrogens with two attached hydrogens (primary N) is 1. The van der Waals surface area contributed by atoms with Crippen molar-refractivity contribution in [3.8, 4) is 0 Å². The molecule has 2 rings (SSSR count). The molecule has 84 valence electrons. The molecule has 0 spiro atoms. The second-order valence-corrected chi connectivity index (χ2v) is 5.63. The summed E-state index contributed by atoms with van der Waals surface area (Å²) in [4.78, 5) is 5.88. The lowest BCUT2D eigenvalue weighted by Crippen LogP contribution is -2.29. The van der Waals surface area contributed by atoms with E-state index in [1.54, 1.807) is 11.3 Å². The Hall–Kier alpha value is -0.610. The molecule has 0 saturated carbocycles. The van der Waals surface area contributed by atoms with E-state index < -0.39 is 0 Å². The number of hydrogen-bond donors (Lipinski definition) is 2. The van der Waals surface area contributed by atoms with Crippen molar-refractivity contribution in [2.45, 2.75) is 45.1 Å². The summed E-state index contributed by atoms with van der Waals surface area (Å²) >= 11 is 1.67. The van der Waals surface area contributed by atoms with E-state index >= 15 is 0 Å². The van der Waals surface area contributed by atoms with Crippen LogP contribution in [0.1, 0.15) is 43.2 Å². The van der Waals surface area contributed by atoms with Crippen LogP contribution in [0.3, 0.4) is 0 Å². The molecule has 1 aromatic rings. The molecule has 1 aliphatic rings. The minimum atomic E-state index is 0.548. The number of nitrogens with one attached hydrogen (secondary N) is 1. The van der Waals surface area contributed by atoms with Crippen molar-refractivity contribution in [1.29, 1.82) is 0 Å². The van der Waals surface area contributed by atoms with Crippen molar-refractivity contribution >= 4 is 16.5 Å². The van der Waals surface area contributed by atoms with E-state index in [9.17, 15) is 0 Å². The second-order valence-electron chi connectivity index (χ2n) is 4.51. The Kier molecular flexibility index (Phi) is 3.26. The number of nitrogens with zero attached hydrogens (tertiary/aromatic N) is 1. The summed E-state index contributed by atoms with van der Waals surface area (Å²) in [5, 5.41) is 4.22. The molecule has 0 amide bonds. The summed E-state index contributed by atoms with van der Waals surface area (Å²) in [6.45, 7) is 5.39. The van der Waals surface area contributed by atoms with Crippen LogP contribution in [0.25, 0.3) is 0 Å². The Labute approximate surface area is 95.1 Å². The predicted octanol–water partition coefficient (Wildman–Crippen LogP) is 2.14. The van der Waals surface area contributed by atoms with Gasteiger partial charge in [0.05, 0.1) is 5.69 Å². The van der Waals surface area contributed by atoms with Crippen molar-refractivity contribution < 1.29 is 0 Å². The first kappa shape index (κ1) is 10.9. The SMILES string of the molecule is CC(C)NCC1CCCc2sc(N)nc21. The highest BCUT2D eigenvalue weighted by atomic mass is 32.1. The molecule has 4 heteroatoms. The van der Waals surface area contributed by atoms with Gasteiger partial charge in [-0.15, -0.1) is 11.3 Å². The highest BCUT2D eigenvalue weighted by Crippen LogP contribution is 2.35. The number of fused-ring (bicyclic) bond motifs is 1. The van der Waals surface area contributed by atoms with Gasteiger partial charge in [-0.2, -0.15) is 0 Å². The van der Waals surface area contributed by atoms with E-state index in [1.165, 1.54) is 29.8 Å². The van der Waals surface area contributed by atoms with Crippen molar-refractivity contribution in [2.24, 2.45) is 0 Å². The number of anilines is 1. The Morgan fingerprint density at radius 3 is 3.13 bits per heavy atom. The zero-order valence-electron chi connectivity index (χ0n) is 9.42. The third kappa shape index (κ3) is 2.49. The molecule has 3 N–H and O–H groups in total. The average molecular weight is 225 g/mol. The lowest BCUT2D eigenvalue weighted by molar-refractivity contribution is 0.475. The molecule has 1 atom stereocenters. The van der Waals surface area contributed by atoms with Gasteiger partial charge < -0.3 is 11.1 Å². The highest BCUT2D eigenvalue weighted by molar-refractivity contribution is 7.15. The zero-order valence-corrected chi connectivity index (χ0v) is 10.2. The molecule has 0 fully saturated rings. The van der Waals surface area contributed by atoms with Crippen molar-refractivity contribution in [1.82, 2.24) is 10.3 Å². The van der Waals surface area contributed by atoms with E-state index in [0.717, 1.165) is 11.7 Å². The molecule has 0 aromatic carbocycles. The van der Waals surface area contributed by atoms with E-state index in [4.69, 9.17) is 5.73 Å². The number of thiazole rings is 1. The molecule has 0 saturated heterocycles. The molecule has 0 bridgehead atoms. The number of nitrogen functional groups attached to an aromatic ring is 1. The first-order valence-corrected chi connectivity index (χ1v) is 6.47. The van der Waals surface area contributed by atoms with Crippen LogP contribution in [0.4, 0.5) is 5.13 Å². The van der Waals surface area contributed by atoms with Crippen LogP contribution >= 0.6 is 11.3 Å². The van der Waals surface area contributed by atoms with Gasteiger partial charge in [0.1, 0.15) is 0 Å². The molecule has 1 aliphatic carbocycles. The molecule has 1 heterocycles. The molecular weight excluding hydrogens is 206 g/mol. The largest absolute Gasteiger partial charge is 0.375 e. The maximum absolute atomic E-state index is 5.76. The summed E-state index contributed by atoms with van der Waals surface area (Å²) in [7, 11) is 0. The lowest BCUT2D eigenvalue weighted by atomic mass is 9.91. The van der Waals surface area contributed by atoms with Gasteiger partial charge in [0.2, 0.25) is 0 Å². The first-order valence-electron chi connectivity index (χ1n) is 5.65. The van der Waals surface area contributed by atoms with Gasteiger partial charge in [0.25, 0.3) is 0 Å². The zero-order chi connectivity index (χ0) is 10.8. The van der Waals surface area contributed by atoms with E-state index in [1.807, 2.05) is 0 Å². The maximum atomic E-state index is 5.76. The Morgan fingerprint density at radius 2 is 2.40 bits per heavy atom. The minimum Gasteiger partial charge on any atom is -0.375 e. The number of aryl methyl sites for hydroxylation is 1. The number of rotatable bonds is 3. The lowest BCUT2D eigenvalue weighted by Gasteiger charge is -2.22. The van der Waals surface area contributed by atoms with Crippen molar-refractivity contribution in [3.63, 3.8) is 0 Å². The van der Waals surface area contributed by atoms with Gasteiger partial charge in [-0.25, -0.2) is 4.98 Å². The predicted molar refractivity (Wildman–Crippen MR) is 65.3 cm³/mol. The van der Waals surface area contributed by atoms with Gasteiger partial charge in [-0.3, -0.25) is 0 Å². The molecule has 3 nitrogen and oxygen atoms in total. The molecule has 15 heavy (non-hydrogen) atoms. The molecular formula is C11H19N3S. The van der Waals surface area contributed by atoms with Gasteiger partial charge in [-0.1, -0.05) is 13.8 Å². The van der Waals surface area contributed by atoms with Crippen LogP contribution in [0.2, 0.25) is 0 Å². The maximum Gasteiger partial charge on any atom is 0.180 e. The average Bonchev–Trinajstić information content (AvgIpc) is 2.55. The normalized spacial score (nSPS) is 20.6. The fourth-order valence-corrected chi connectivity index (χ4v) is 3.06. The van der Waals surface area contributed by atoms with Gasteiger partial charge >= 0.3 is 0 Å². The van der Waals surface area contributed by atoms with Gasteiger partial charge in [-0.05, 0) is 19.3 Å². The van der Waals surface area contributed by atoms with E-state index in [2.05, 4.69) is 24.1 Å². The quantitative estimate of drug-likeness (QED) is 0.828. The molecule has 1 aromatic heterocycles. The Bertz CT molecular complexity index is 333. The standard InChI is InChI=1S/C11H19N3S/c1-7(2)13-6-8-4-3-5-9-10(8)14-11(12)15-9/h7-8,13H,3-6H2,1-2H3,(H2,12,14). The van der Waals surface area contributed by atoms with Crippen LogP contribution in [0.15, 0.2) is 0 Å². The van der Waals surface area contributed by atoms with Gasteiger partial charge in [0.15, 0.2) is 5.13 Å². The van der Waals surface area contributed by atoms with E-state index in [0.29, 0.717) is 12.0 Å². The van der Waals surface area contributed by atoms with Crippen molar-refractivity contribution in [3.05, 3.63) is 10.6 Å². The van der Waals surface area contributed by atoms with Gasteiger partial charge in [0, 0.05) is 23.4 Å². The third-order valence-corrected chi connectivity index (χ3v) is 3.82. The molecule has 0 aliphatic heterocycles. The monoisotopic (exact) mass is 225 g/mol. The highest BCUT2D eigenvalue weighted by Gasteiger charge is 2.23. The second kappa shape index (κ2) is 4.49. The fourth-order valence-electron chi connectivity index (χ4n) is 2.10. The van der Waals surface area contributed by atoms with Crippen LogP contribution < -0.4 is 11.1 Å². The summed E-state index contributed by atoms with van der Waals surface area (Å²) < 4.78 is 0. The summed E-state index contributed by atoms with van der Waals surface area (Å²) in [6.07, 6.45) is 3.69. The summed E-state index contributed by atoms with van der Waals surface area (Å²) in [5.41, 5.74) is 7.02. The number of aromatic nitrogens is 1. The topological polar surface area (TPSA) is 50.9 Å². The Balaban J connectivity index is 2.08. The first-order chi connectivity index (χ1) is 7.16. The van der Waals surface area contributed by atoms with Crippen molar-refractivity contribution in [2.75, 3.05) is 12.3 Å². The van der Waals surface area contributed by atoms with E-state index in [-0.39, 0.29) is 0 Å². The molecule has 0 radical (unpaired) electrons. The van der Waals surface area contributed by atoms with Crippen LogP contribution in [0.5, 0.6) is 0 Å². The third-order valence-electron chi connectivity index (χ3n) is 2.86. The summed E-state index contributed by atoms with van der Waals surface area (Å²) in [5.74, 6) is 0.574. The molecule has 1 unspecified atom stereocenters. The van der Waals surface area contributed by atoms with Crippen LogP contribution in [-0.4, -0.2) is 17.6 Å². The summed E-state index contributed by atoms with van der Waals surface area (Å²) in [6, 6.07) is 0.548. The van der Waals surface area contributed by atoms with Crippen LogP contribution in [0, 0.1) is 0 Å². The number of hydrogen-bond acceptors (Lipinski definition) is 4. The Morgan fingerprint density at radius 1 is 1.60 bits per heavy atom. The van der Waals surface area contributed by atoms with Crippen LogP contribution in [-0.2, 0) is 6.42 Å². The minimum absolute atomic E-state index is 0.548. The smallest absolute Gasteiger partial charge is 0.180 e.